The van der Waals surface area contributed by atoms with Gasteiger partial charge in [0.25, 0.3) is 5.91 Å². The van der Waals surface area contributed by atoms with Crippen molar-refractivity contribution in [3.63, 3.8) is 0 Å². The van der Waals surface area contributed by atoms with Gasteiger partial charge in [0.15, 0.2) is 9.84 Å². The summed E-state index contributed by atoms with van der Waals surface area (Å²) in [6.07, 6.45) is -2.53. The number of carbonyl (C=O) groups excluding carboxylic acids is 2. The minimum Gasteiger partial charge on any atom is -0.339 e. The number of piperidine rings is 1. The molecule has 31 heavy (non-hydrogen) atoms. The smallest absolute Gasteiger partial charge is 0.339 e. The number of anilines is 1. The van der Waals surface area contributed by atoms with Crippen LogP contribution in [0, 0.1) is 5.92 Å². The van der Waals surface area contributed by atoms with Crippen molar-refractivity contribution in [2.45, 2.75) is 23.9 Å². The van der Waals surface area contributed by atoms with Crippen molar-refractivity contribution in [1.82, 2.24) is 4.90 Å². The lowest BCUT2D eigenvalue weighted by molar-refractivity contribution is -0.137. The molecule has 1 aliphatic heterocycles. The molecule has 2 aromatic rings. The van der Waals surface area contributed by atoms with E-state index < -0.39 is 21.6 Å². The van der Waals surface area contributed by atoms with E-state index in [2.05, 4.69) is 5.32 Å². The van der Waals surface area contributed by atoms with E-state index in [1.54, 1.807) is 0 Å². The van der Waals surface area contributed by atoms with E-state index >= 15 is 0 Å². The van der Waals surface area contributed by atoms with Crippen molar-refractivity contribution in [1.29, 1.82) is 0 Å². The van der Waals surface area contributed by atoms with E-state index in [1.807, 2.05) is 0 Å². The Labute approximate surface area is 178 Å². The zero-order valence-electron chi connectivity index (χ0n) is 16.6. The summed E-state index contributed by atoms with van der Waals surface area (Å²) in [4.78, 5) is 26.7. The fourth-order valence-electron chi connectivity index (χ4n) is 3.36. The zero-order valence-corrected chi connectivity index (χ0v) is 17.5. The lowest BCUT2D eigenvalue weighted by Gasteiger charge is -2.31. The molecule has 1 N–H and O–H groups in total. The number of carbonyl (C=O) groups is 2. The Hall–Kier alpha value is -2.88. The number of nitrogens with zero attached hydrogens (tertiary/aromatic N) is 1. The third kappa shape index (κ3) is 5.63. The molecule has 2 amide bonds. The van der Waals surface area contributed by atoms with E-state index in [0.717, 1.165) is 30.5 Å². The first kappa shape index (κ1) is 22.8. The molecule has 0 atom stereocenters. The molecule has 0 saturated carbocycles. The molecule has 0 unspecified atom stereocenters. The summed E-state index contributed by atoms with van der Waals surface area (Å²) >= 11 is 0. The van der Waals surface area contributed by atoms with E-state index in [1.165, 1.54) is 29.2 Å². The quantitative estimate of drug-likeness (QED) is 0.765. The number of likely N-dealkylation sites (tertiary alicyclic amines) is 1. The molecule has 0 aliphatic carbocycles. The van der Waals surface area contributed by atoms with Gasteiger partial charge in [0.2, 0.25) is 5.91 Å². The van der Waals surface area contributed by atoms with E-state index in [-0.39, 0.29) is 28.2 Å². The van der Waals surface area contributed by atoms with Crippen LogP contribution in [0.5, 0.6) is 0 Å². The molecular formula is C21H21F3N2O4S. The number of hydrogen-bond acceptors (Lipinski definition) is 4. The third-order valence-corrected chi connectivity index (χ3v) is 6.29. The number of nitrogens with one attached hydrogen (secondary N) is 1. The van der Waals surface area contributed by atoms with Gasteiger partial charge in [0, 0.05) is 36.5 Å². The molecule has 1 aliphatic rings. The van der Waals surface area contributed by atoms with E-state index in [0.29, 0.717) is 31.6 Å². The van der Waals surface area contributed by atoms with Gasteiger partial charge in [0.05, 0.1) is 10.5 Å². The number of halogens is 3. The normalized spacial score (nSPS) is 15.5. The Balaban J connectivity index is 1.55. The maximum absolute atomic E-state index is 12.7. The van der Waals surface area contributed by atoms with Gasteiger partial charge in [-0.3, -0.25) is 9.59 Å². The predicted octanol–water partition coefficient (Wildman–Crippen LogP) is 3.60. The number of rotatable bonds is 4. The van der Waals surface area contributed by atoms with E-state index in [9.17, 15) is 31.2 Å². The second kappa shape index (κ2) is 8.70. The molecule has 1 heterocycles. The largest absolute Gasteiger partial charge is 0.416 e. The fourth-order valence-corrected chi connectivity index (χ4v) is 3.99. The molecule has 10 heteroatoms. The Morgan fingerprint density at radius 3 is 2.00 bits per heavy atom. The highest BCUT2D eigenvalue weighted by molar-refractivity contribution is 7.90. The third-order valence-electron chi connectivity index (χ3n) is 5.16. The van der Waals surface area contributed by atoms with Crippen molar-refractivity contribution < 1.29 is 31.2 Å². The van der Waals surface area contributed by atoms with Crippen LogP contribution in [0.3, 0.4) is 0 Å². The van der Waals surface area contributed by atoms with Gasteiger partial charge in [0.1, 0.15) is 0 Å². The molecule has 0 bridgehead atoms. The highest BCUT2D eigenvalue weighted by Crippen LogP contribution is 2.29. The number of amides is 2. The van der Waals surface area contributed by atoms with Gasteiger partial charge in [-0.2, -0.15) is 13.2 Å². The van der Waals surface area contributed by atoms with E-state index in [4.69, 9.17) is 0 Å². The van der Waals surface area contributed by atoms with Crippen LogP contribution in [0.25, 0.3) is 0 Å². The maximum atomic E-state index is 12.7. The lowest BCUT2D eigenvalue weighted by Crippen LogP contribution is -2.41. The topological polar surface area (TPSA) is 83.6 Å². The van der Waals surface area contributed by atoms with Gasteiger partial charge in [-0.1, -0.05) is 0 Å². The molecule has 0 radical (unpaired) electrons. The summed E-state index contributed by atoms with van der Waals surface area (Å²) in [5.41, 5.74) is -0.175. The molecule has 6 nitrogen and oxygen atoms in total. The van der Waals surface area contributed by atoms with Gasteiger partial charge >= 0.3 is 6.18 Å². The molecule has 1 saturated heterocycles. The van der Waals surface area contributed by atoms with Gasteiger partial charge in [-0.25, -0.2) is 8.42 Å². The van der Waals surface area contributed by atoms with Gasteiger partial charge < -0.3 is 10.2 Å². The van der Waals surface area contributed by atoms with Gasteiger partial charge in [-0.05, 0) is 61.4 Å². The van der Waals surface area contributed by atoms with Crippen LogP contribution in [-0.2, 0) is 20.8 Å². The first-order chi connectivity index (χ1) is 14.4. The summed E-state index contributed by atoms with van der Waals surface area (Å²) < 4.78 is 61.0. The van der Waals surface area contributed by atoms with Crippen LogP contribution in [-0.4, -0.2) is 44.5 Å². The summed E-state index contributed by atoms with van der Waals surface area (Å²) in [6, 6.07) is 9.92. The summed E-state index contributed by atoms with van der Waals surface area (Å²) in [6.45, 7) is 0.621. The monoisotopic (exact) mass is 454 g/mol. The highest BCUT2D eigenvalue weighted by atomic mass is 32.2. The zero-order chi connectivity index (χ0) is 22.8. The molecule has 0 aromatic heterocycles. The Bertz CT molecular complexity index is 1060. The Morgan fingerprint density at radius 2 is 1.52 bits per heavy atom. The highest BCUT2D eigenvalue weighted by Gasteiger charge is 2.31. The maximum Gasteiger partial charge on any atom is 0.416 e. The van der Waals surface area contributed by atoms with Crippen LogP contribution in [0.2, 0.25) is 0 Å². The van der Waals surface area contributed by atoms with Crippen molar-refractivity contribution in [2.24, 2.45) is 5.92 Å². The molecule has 0 spiro atoms. The van der Waals surface area contributed by atoms with Crippen LogP contribution in [0.15, 0.2) is 53.4 Å². The first-order valence-corrected chi connectivity index (χ1v) is 11.4. The number of hydrogen-bond donors (Lipinski definition) is 1. The summed E-state index contributed by atoms with van der Waals surface area (Å²) in [5.74, 6) is -0.927. The van der Waals surface area contributed by atoms with Gasteiger partial charge in [-0.15, -0.1) is 0 Å². The Kier molecular flexibility index (Phi) is 6.40. The minimum atomic E-state index is -4.46. The average molecular weight is 454 g/mol. The minimum absolute atomic E-state index is 0.153. The molecule has 1 fully saturated rings. The first-order valence-electron chi connectivity index (χ1n) is 9.52. The number of benzene rings is 2. The fraction of sp³-hybridized carbons (Fsp3) is 0.333. The summed E-state index contributed by atoms with van der Waals surface area (Å²) in [7, 11) is -3.32. The average Bonchev–Trinajstić information content (AvgIpc) is 2.72. The Morgan fingerprint density at radius 1 is 0.968 bits per heavy atom. The van der Waals surface area contributed by atoms with Crippen LogP contribution in [0.4, 0.5) is 18.9 Å². The van der Waals surface area contributed by atoms with Crippen molar-refractivity contribution >= 4 is 27.3 Å². The van der Waals surface area contributed by atoms with Crippen molar-refractivity contribution in [3.8, 4) is 0 Å². The summed E-state index contributed by atoms with van der Waals surface area (Å²) in [5, 5.41) is 2.74. The molecule has 3 rings (SSSR count). The van der Waals surface area contributed by atoms with Crippen LogP contribution < -0.4 is 5.32 Å². The SMILES string of the molecule is CS(=O)(=O)c1ccc(NC(=O)C2CCN(C(=O)c3ccc(C(F)(F)F)cc3)CC2)cc1. The molecule has 2 aromatic carbocycles. The molecular weight excluding hydrogens is 433 g/mol. The predicted molar refractivity (Wildman–Crippen MR) is 108 cm³/mol. The van der Waals surface area contributed by atoms with Crippen molar-refractivity contribution in [3.05, 3.63) is 59.7 Å². The number of sulfone groups is 1. The lowest BCUT2D eigenvalue weighted by atomic mass is 9.95. The van der Waals surface area contributed by atoms with Crippen LogP contribution >= 0.6 is 0 Å². The van der Waals surface area contributed by atoms with Crippen LogP contribution in [0.1, 0.15) is 28.8 Å². The van der Waals surface area contributed by atoms with Crippen molar-refractivity contribution in [2.75, 3.05) is 24.7 Å². The molecule has 166 valence electrons. The second-order valence-corrected chi connectivity index (χ2v) is 9.44. The second-order valence-electron chi connectivity index (χ2n) is 7.43. The number of alkyl halides is 3. The standard InChI is InChI=1S/C21H21F3N2O4S/c1-31(29,30)18-8-6-17(7-9-18)25-19(27)14-10-12-26(13-11-14)20(28)15-2-4-16(5-3-15)21(22,23)24/h2-9,14H,10-13H2,1H3,(H,25,27).